The number of ether oxygens (including phenoxy) is 1. The number of thiophene rings is 1. The van der Waals surface area contributed by atoms with Crippen LogP contribution >= 0.6 is 11.3 Å². The number of carbonyl (C=O) groups excluding carboxylic acids is 1. The fourth-order valence-corrected chi connectivity index (χ4v) is 3.16. The van der Waals surface area contributed by atoms with Gasteiger partial charge in [0.25, 0.3) is 0 Å². The molecule has 3 aromatic rings. The van der Waals surface area contributed by atoms with Crippen LogP contribution in [0.15, 0.2) is 66.7 Å². The largest absolute Gasteiger partial charge is 0.444 e. The predicted octanol–water partition coefficient (Wildman–Crippen LogP) is 5.04. The van der Waals surface area contributed by atoms with Crippen LogP contribution in [-0.2, 0) is 11.3 Å². The first kappa shape index (κ1) is 15.8. The number of carbonyl (C=O) groups is 1. The van der Waals surface area contributed by atoms with Crippen molar-refractivity contribution in [2.24, 2.45) is 0 Å². The standard InChI is InChI=1S/C19H14N2O2S/c20-12-16-11-17(15-9-5-2-6-10-15)24-18(16)21-19(22)23-13-14-7-3-1-4-8-14/h1-11H,13H2,(H,21,22). The number of rotatable bonds is 4. The van der Waals surface area contributed by atoms with Crippen LogP contribution in [0.1, 0.15) is 11.1 Å². The molecule has 0 aliphatic rings. The van der Waals surface area contributed by atoms with Gasteiger partial charge in [-0.25, -0.2) is 4.79 Å². The minimum Gasteiger partial charge on any atom is -0.444 e. The molecule has 5 heteroatoms. The summed E-state index contributed by atoms with van der Waals surface area (Å²) in [4.78, 5) is 12.9. The Balaban J connectivity index is 1.69. The molecule has 2 aromatic carbocycles. The zero-order valence-corrected chi connectivity index (χ0v) is 13.5. The molecule has 0 spiro atoms. The molecular formula is C19H14N2O2S. The quantitative estimate of drug-likeness (QED) is 0.727. The summed E-state index contributed by atoms with van der Waals surface area (Å²) in [6, 6.07) is 23.0. The van der Waals surface area contributed by atoms with Gasteiger partial charge in [-0.2, -0.15) is 5.26 Å². The summed E-state index contributed by atoms with van der Waals surface area (Å²) >= 11 is 1.35. The summed E-state index contributed by atoms with van der Waals surface area (Å²) in [5.41, 5.74) is 2.34. The lowest BCUT2D eigenvalue weighted by atomic mass is 10.2. The number of nitrogens with zero attached hydrogens (tertiary/aromatic N) is 1. The van der Waals surface area contributed by atoms with Gasteiger partial charge in [0.2, 0.25) is 0 Å². The second-order valence-corrected chi connectivity index (χ2v) is 6.07. The number of hydrogen-bond acceptors (Lipinski definition) is 4. The van der Waals surface area contributed by atoms with Gasteiger partial charge in [0.05, 0.1) is 5.56 Å². The van der Waals surface area contributed by atoms with Crippen molar-refractivity contribution in [3.05, 3.63) is 77.9 Å². The molecule has 0 fully saturated rings. The Morgan fingerprint density at radius 1 is 1.08 bits per heavy atom. The molecule has 0 bridgehead atoms. The Labute approximate surface area is 143 Å². The minimum absolute atomic E-state index is 0.186. The van der Waals surface area contributed by atoms with E-state index >= 15 is 0 Å². The summed E-state index contributed by atoms with van der Waals surface area (Å²) in [7, 11) is 0. The lowest BCUT2D eigenvalue weighted by Gasteiger charge is -2.05. The molecule has 0 unspecified atom stereocenters. The average molecular weight is 334 g/mol. The highest BCUT2D eigenvalue weighted by Gasteiger charge is 2.13. The van der Waals surface area contributed by atoms with Crippen molar-refractivity contribution in [2.45, 2.75) is 6.61 Å². The number of benzene rings is 2. The highest BCUT2D eigenvalue weighted by atomic mass is 32.1. The van der Waals surface area contributed by atoms with E-state index in [2.05, 4.69) is 11.4 Å². The zero-order chi connectivity index (χ0) is 16.8. The van der Waals surface area contributed by atoms with E-state index in [1.807, 2.05) is 60.7 Å². The van der Waals surface area contributed by atoms with Gasteiger partial charge in [0.15, 0.2) is 0 Å². The van der Waals surface area contributed by atoms with Gasteiger partial charge in [-0.05, 0) is 17.2 Å². The van der Waals surface area contributed by atoms with E-state index < -0.39 is 6.09 Å². The van der Waals surface area contributed by atoms with Crippen molar-refractivity contribution in [3.8, 4) is 16.5 Å². The van der Waals surface area contributed by atoms with E-state index in [4.69, 9.17) is 4.74 Å². The first-order valence-corrected chi connectivity index (χ1v) is 8.15. The Morgan fingerprint density at radius 2 is 1.75 bits per heavy atom. The molecule has 1 amide bonds. The number of anilines is 1. The van der Waals surface area contributed by atoms with E-state index in [1.165, 1.54) is 11.3 Å². The number of nitrogens with one attached hydrogen (secondary N) is 1. The third-order valence-electron chi connectivity index (χ3n) is 3.34. The molecule has 0 aliphatic carbocycles. The molecular weight excluding hydrogens is 320 g/mol. The lowest BCUT2D eigenvalue weighted by molar-refractivity contribution is 0.155. The van der Waals surface area contributed by atoms with E-state index in [0.717, 1.165) is 16.0 Å². The average Bonchev–Trinajstić information content (AvgIpc) is 3.04. The van der Waals surface area contributed by atoms with Crippen molar-refractivity contribution in [2.75, 3.05) is 5.32 Å². The van der Waals surface area contributed by atoms with Crippen LogP contribution < -0.4 is 5.32 Å². The van der Waals surface area contributed by atoms with E-state index in [-0.39, 0.29) is 6.61 Å². The van der Waals surface area contributed by atoms with Gasteiger partial charge in [-0.15, -0.1) is 11.3 Å². The first-order valence-electron chi connectivity index (χ1n) is 7.33. The van der Waals surface area contributed by atoms with Gasteiger partial charge < -0.3 is 4.74 Å². The highest BCUT2D eigenvalue weighted by molar-refractivity contribution is 7.19. The van der Waals surface area contributed by atoms with Crippen molar-refractivity contribution >= 4 is 22.4 Å². The maximum Gasteiger partial charge on any atom is 0.412 e. The fourth-order valence-electron chi connectivity index (χ4n) is 2.16. The van der Waals surface area contributed by atoms with Crippen LogP contribution in [0.3, 0.4) is 0 Å². The lowest BCUT2D eigenvalue weighted by Crippen LogP contribution is -2.13. The molecule has 24 heavy (non-hydrogen) atoms. The molecule has 1 aromatic heterocycles. The summed E-state index contributed by atoms with van der Waals surface area (Å²) in [5, 5.41) is 12.4. The molecule has 4 nitrogen and oxygen atoms in total. The van der Waals surface area contributed by atoms with E-state index in [1.54, 1.807) is 6.07 Å². The third-order valence-corrected chi connectivity index (χ3v) is 4.44. The third kappa shape index (κ3) is 3.80. The number of nitriles is 1. The van der Waals surface area contributed by atoms with Crippen molar-refractivity contribution in [1.82, 2.24) is 0 Å². The van der Waals surface area contributed by atoms with Gasteiger partial charge in [0, 0.05) is 4.88 Å². The maximum absolute atomic E-state index is 12.0. The second-order valence-electron chi connectivity index (χ2n) is 5.02. The molecule has 0 aliphatic heterocycles. The molecule has 0 atom stereocenters. The maximum atomic E-state index is 12.0. The Kier molecular flexibility index (Phi) is 4.90. The van der Waals surface area contributed by atoms with Crippen LogP contribution in [0.5, 0.6) is 0 Å². The summed E-state index contributed by atoms with van der Waals surface area (Å²) in [6.45, 7) is 0.186. The smallest absolute Gasteiger partial charge is 0.412 e. The van der Waals surface area contributed by atoms with Gasteiger partial charge in [-0.1, -0.05) is 60.7 Å². The Hall–Kier alpha value is -3.10. The topological polar surface area (TPSA) is 62.1 Å². The van der Waals surface area contributed by atoms with Gasteiger partial charge >= 0.3 is 6.09 Å². The SMILES string of the molecule is N#Cc1cc(-c2ccccc2)sc1NC(=O)OCc1ccccc1. The van der Waals surface area contributed by atoms with E-state index in [9.17, 15) is 10.1 Å². The van der Waals surface area contributed by atoms with Crippen LogP contribution in [0.2, 0.25) is 0 Å². The predicted molar refractivity (Wildman–Crippen MR) is 94.7 cm³/mol. The first-order chi connectivity index (χ1) is 11.8. The fraction of sp³-hybridized carbons (Fsp3) is 0.0526. The highest BCUT2D eigenvalue weighted by Crippen LogP contribution is 2.35. The van der Waals surface area contributed by atoms with Crippen LogP contribution in [0.25, 0.3) is 10.4 Å². The van der Waals surface area contributed by atoms with E-state index in [0.29, 0.717) is 10.6 Å². The molecule has 3 rings (SSSR count). The summed E-state index contributed by atoms with van der Waals surface area (Å²) in [5.74, 6) is 0. The van der Waals surface area contributed by atoms with Crippen LogP contribution in [-0.4, -0.2) is 6.09 Å². The molecule has 1 N–H and O–H groups in total. The number of amides is 1. The van der Waals surface area contributed by atoms with Crippen molar-refractivity contribution in [3.63, 3.8) is 0 Å². The molecule has 0 saturated carbocycles. The van der Waals surface area contributed by atoms with Crippen molar-refractivity contribution < 1.29 is 9.53 Å². The monoisotopic (exact) mass is 334 g/mol. The van der Waals surface area contributed by atoms with Crippen molar-refractivity contribution in [1.29, 1.82) is 5.26 Å². The van der Waals surface area contributed by atoms with Crippen LogP contribution in [0.4, 0.5) is 9.80 Å². The van der Waals surface area contributed by atoms with Gasteiger partial charge in [0.1, 0.15) is 17.7 Å². The normalized spacial score (nSPS) is 9.96. The summed E-state index contributed by atoms with van der Waals surface area (Å²) < 4.78 is 5.19. The molecule has 118 valence electrons. The second kappa shape index (κ2) is 7.44. The van der Waals surface area contributed by atoms with Crippen LogP contribution in [0, 0.1) is 11.3 Å². The van der Waals surface area contributed by atoms with Gasteiger partial charge in [-0.3, -0.25) is 5.32 Å². The Morgan fingerprint density at radius 3 is 2.42 bits per heavy atom. The molecule has 0 radical (unpaired) electrons. The zero-order valence-electron chi connectivity index (χ0n) is 12.7. The minimum atomic E-state index is -0.572. The summed E-state index contributed by atoms with van der Waals surface area (Å²) in [6.07, 6.45) is -0.572. The molecule has 0 saturated heterocycles. The number of hydrogen-bond donors (Lipinski definition) is 1. The Bertz CT molecular complexity index is 867. The molecule has 1 heterocycles.